The molecule has 1 heterocycles. The number of amides is 1. The highest BCUT2D eigenvalue weighted by atomic mass is 35.5. The lowest BCUT2D eigenvalue weighted by Crippen LogP contribution is -2.30. The number of halogens is 1. The van der Waals surface area contributed by atoms with Gasteiger partial charge in [0.1, 0.15) is 5.15 Å². The molecule has 0 aliphatic heterocycles. The predicted octanol–water partition coefficient (Wildman–Crippen LogP) is 5.20. The van der Waals surface area contributed by atoms with Crippen LogP contribution in [0.25, 0.3) is 10.9 Å². The number of carbonyl (C=O) groups excluding carboxylic acids is 2. The fourth-order valence-corrected chi connectivity index (χ4v) is 3.14. The summed E-state index contributed by atoms with van der Waals surface area (Å²) >= 11 is 6.02. The first kappa shape index (κ1) is 19.8. The Morgan fingerprint density at radius 1 is 1.04 bits per heavy atom. The number of fused-ring (bicyclic) bond motifs is 1. The Hall–Kier alpha value is -2.92. The molecule has 144 valence electrons. The van der Waals surface area contributed by atoms with Gasteiger partial charge in [0.15, 0.2) is 6.10 Å². The first-order valence-electron chi connectivity index (χ1n) is 9.03. The molecule has 0 radical (unpaired) electrons. The minimum absolute atomic E-state index is 0.189. The Kier molecular flexibility index (Phi) is 5.95. The van der Waals surface area contributed by atoms with Gasteiger partial charge in [-0.15, -0.1) is 0 Å². The van der Waals surface area contributed by atoms with Crippen LogP contribution in [-0.2, 0) is 9.53 Å². The quantitative estimate of drug-likeness (QED) is 0.475. The van der Waals surface area contributed by atoms with Gasteiger partial charge in [-0.05, 0) is 36.6 Å². The zero-order valence-electron chi connectivity index (χ0n) is 15.9. The van der Waals surface area contributed by atoms with Crippen molar-refractivity contribution in [3.8, 4) is 0 Å². The number of anilines is 1. The van der Waals surface area contributed by atoms with Crippen molar-refractivity contribution in [1.29, 1.82) is 0 Å². The van der Waals surface area contributed by atoms with Gasteiger partial charge in [-0.1, -0.05) is 61.8 Å². The van der Waals surface area contributed by atoms with Crippen LogP contribution in [0.1, 0.15) is 42.6 Å². The average Bonchev–Trinajstić information content (AvgIpc) is 2.67. The summed E-state index contributed by atoms with van der Waals surface area (Å²) in [6, 6.07) is 16.1. The van der Waals surface area contributed by atoms with Crippen molar-refractivity contribution in [2.45, 2.75) is 32.8 Å². The summed E-state index contributed by atoms with van der Waals surface area (Å²) in [5.74, 6) is -0.772. The second-order valence-electron chi connectivity index (χ2n) is 6.79. The molecule has 1 aromatic heterocycles. The predicted molar refractivity (Wildman–Crippen MR) is 111 cm³/mol. The lowest BCUT2D eigenvalue weighted by Gasteiger charge is -2.17. The Labute approximate surface area is 168 Å². The maximum atomic E-state index is 12.7. The molecule has 0 fully saturated rings. The number of nitrogens with zero attached hydrogens (tertiary/aromatic N) is 1. The van der Waals surface area contributed by atoms with Crippen LogP contribution >= 0.6 is 11.6 Å². The first-order chi connectivity index (χ1) is 13.4. The summed E-state index contributed by atoms with van der Waals surface area (Å²) in [4.78, 5) is 29.4. The number of hydrogen-bond acceptors (Lipinski definition) is 4. The third-order valence-corrected chi connectivity index (χ3v) is 4.59. The molecule has 0 saturated carbocycles. The molecule has 0 spiro atoms. The molecule has 0 unspecified atom stereocenters. The van der Waals surface area contributed by atoms with E-state index in [9.17, 15) is 9.59 Å². The van der Waals surface area contributed by atoms with Crippen LogP contribution in [0.15, 0.2) is 54.6 Å². The van der Waals surface area contributed by atoms with Gasteiger partial charge in [-0.25, -0.2) is 9.78 Å². The Morgan fingerprint density at radius 2 is 1.71 bits per heavy atom. The van der Waals surface area contributed by atoms with Crippen LogP contribution in [0.3, 0.4) is 0 Å². The van der Waals surface area contributed by atoms with Crippen molar-refractivity contribution in [3.63, 3.8) is 0 Å². The fraction of sp³-hybridized carbons (Fsp3) is 0.227. The number of hydrogen-bond donors (Lipinski definition) is 1. The van der Waals surface area contributed by atoms with Gasteiger partial charge in [0.25, 0.3) is 5.91 Å². The van der Waals surface area contributed by atoms with Gasteiger partial charge < -0.3 is 10.1 Å². The van der Waals surface area contributed by atoms with Gasteiger partial charge in [-0.2, -0.15) is 0 Å². The van der Waals surface area contributed by atoms with Crippen molar-refractivity contribution in [3.05, 3.63) is 70.9 Å². The maximum Gasteiger partial charge on any atom is 0.339 e. The van der Waals surface area contributed by atoms with Crippen molar-refractivity contribution in [2.24, 2.45) is 0 Å². The molecular weight excluding hydrogens is 376 g/mol. The number of rotatable bonds is 5. The normalized spacial score (nSPS) is 12.0. The van der Waals surface area contributed by atoms with E-state index in [4.69, 9.17) is 16.3 Å². The summed E-state index contributed by atoms with van der Waals surface area (Å²) < 4.78 is 5.40. The molecular formula is C22H21ClN2O3. The maximum absolute atomic E-state index is 12.7. The van der Waals surface area contributed by atoms with Crippen LogP contribution in [0, 0.1) is 0 Å². The number of esters is 1. The molecule has 1 atom stereocenters. The highest BCUT2D eigenvalue weighted by Crippen LogP contribution is 2.25. The Bertz CT molecular complexity index is 1030. The van der Waals surface area contributed by atoms with Gasteiger partial charge >= 0.3 is 5.97 Å². The summed E-state index contributed by atoms with van der Waals surface area (Å²) in [5.41, 5.74) is 2.59. The third-order valence-electron chi connectivity index (χ3n) is 4.40. The highest BCUT2D eigenvalue weighted by molar-refractivity contribution is 6.30. The van der Waals surface area contributed by atoms with E-state index in [2.05, 4.69) is 10.3 Å². The molecule has 1 amide bonds. The van der Waals surface area contributed by atoms with E-state index in [0.717, 1.165) is 5.56 Å². The summed E-state index contributed by atoms with van der Waals surface area (Å²) in [6.45, 7) is 5.63. The van der Waals surface area contributed by atoms with Crippen LogP contribution in [-0.4, -0.2) is 23.0 Å². The standard InChI is InChI=1S/C22H21ClN2O3/c1-13(2)15-8-4-6-10-18(15)25-21(26)14(3)28-22(27)17-12-20(23)24-19-11-7-5-9-16(17)19/h4-14H,1-3H3,(H,25,26)/t14-/m1/s1. The summed E-state index contributed by atoms with van der Waals surface area (Å²) in [7, 11) is 0. The molecule has 2 aromatic carbocycles. The molecule has 5 nitrogen and oxygen atoms in total. The molecule has 0 bridgehead atoms. The topological polar surface area (TPSA) is 68.3 Å². The third kappa shape index (κ3) is 4.31. The van der Waals surface area contributed by atoms with Crippen LogP contribution < -0.4 is 5.32 Å². The lowest BCUT2D eigenvalue weighted by atomic mass is 10.0. The molecule has 0 aliphatic rings. The van der Waals surface area contributed by atoms with Crippen LogP contribution in [0.4, 0.5) is 5.69 Å². The van der Waals surface area contributed by atoms with E-state index < -0.39 is 18.0 Å². The molecule has 3 rings (SSSR count). The number of nitrogens with one attached hydrogen (secondary N) is 1. The molecule has 0 aliphatic carbocycles. The van der Waals surface area contributed by atoms with E-state index >= 15 is 0 Å². The Morgan fingerprint density at radius 3 is 2.46 bits per heavy atom. The van der Waals surface area contributed by atoms with Gasteiger partial charge in [-0.3, -0.25) is 4.79 Å². The average molecular weight is 397 g/mol. The Balaban J connectivity index is 1.77. The van der Waals surface area contributed by atoms with Gasteiger partial charge in [0.2, 0.25) is 0 Å². The van der Waals surface area contributed by atoms with Crippen LogP contribution in [0.2, 0.25) is 5.15 Å². The van der Waals surface area contributed by atoms with Crippen LogP contribution in [0.5, 0.6) is 0 Å². The molecule has 0 saturated heterocycles. The summed E-state index contributed by atoms with van der Waals surface area (Å²) in [5, 5.41) is 3.65. The molecule has 1 N–H and O–H groups in total. The zero-order chi connectivity index (χ0) is 20.3. The van der Waals surface area contributed by atoms with Crippen molar-refractivity contribution in [1.82, 2.24) is 4.98 Å². The second kappa shape index (κ2) is 8.40. The number of carbonyl (C=O) groups is 2. The van der Waals surface area contributed by atoms with E-state index in [0.29, 0.717) is 16.6 Å². The highest BCUT2D eigenvalue weighted by Gasteiger charge is 2.22. The van der Waals surface area contributed by atoms with Crippen molar-refractivity contribution in [2.75, 3.05) is 5.32 Å². The number of benzene rings is 2. The monoisotopic (exact) mass is 396 g/mol. The van der Waals surface area contributed by atoms with E-state index in [1.165, 1.54) is 13.0 Å². The number of para-hydroxylation sites is 2. The number of ether oxygens (including phenoxy) is 1. The number of pyridine rings is 1. The number of aromatic nitrogens is 1. The van der Waals surface area contributed by atoms with E-state index in [-0.39, 0.29) is 16.6 Å². The smallest absolute Gasteiger partial charge is 0.339 e. The van der Waals surface area contributed by atoms with Gasteiger partial charge in [0, 0.05) is 11.1 Å². The van der Waals surface area contributed by atoms with Crippen molar-refractivity contribution >= 4 is 40.1 Å². The largest absolute Gasteiger partial charge is 0.449 e. The lowest BCUT2D eigenvalue weighted by molar-refractivity contribution is -0.123. The van der Waals surface area contributed by atoms with E-state index in [1.807, 2.05) is 44.2 Å². The molecule has 3 aromatic rings. The van der Waals surface area contributed by atoms with Gasteiger partial charge in [0.05, 0.1) is 11.1 Å². The van der Waals surface area contributed by atoms with Crippen molar-refractivity contribution < 1.29 is 14.3 Å². The SMILES string of the molecule is CC(C)c1ccccc1NC(=O)[C@@H](C)OC(=O)c1cc(Cl)nc2ccccc12. The van der Waals surface area contributed by atoms with E-state index in [1.54, 1.807) is 18.2 Å². The zero-order valence-corrected chi connectivity index (χ0v) is 16.7. The molecule has 6 heteroatoms. The molecule has 28 heavy (non-hydrogen) atoms. The fourth-order valence-electron chi connectivity index (χ4n) is 2.94. The second-order valence-corrected chi connectivity index (χ2v) is 7.18. The first-order valence-corrected chi connectivity index (χ1v) is 9.40. The summed E-state index contributed by atoms with van der Waals surface area (Å²) in [6.07, 6.45) is -0.974. The minimum Gasteiger partial charge on any atom is -0.449 e. The minimum atomic E-state index is -0.974.